The maximum Gasteiger partial charge on any atom is 0.154 e. The summed E-state index contributed by atoms with van der Waals surface area (Å²) in [4.78, 5) is 0. The summed E-state index contributed by atoms with van der Waals surface area (Å²) in [5.41, 5.74) is 3.43. The fraction of sp³-hybridized carbons (Fsp3) is 0.600. The van der Waals surface area contributed by atoms with Crippen LogP contribution in [0.15, 0.2) is 18.2 Å². The second-order valence-corrected chi connectivity index (χ2v) is 8.31. The van der Waals surface area contributed by atoms with Gasteiger partial charge in [0.2, 0.25) is 0 Å². The average molecular weight is 283 g/mol. The minimum atomic E-state index is -3.16. The first-order chi connectivity index (χ1) is 8.61. The summed E-state index contributed by atoms with van der Waals surface area (Å²) in [6.07, 6.45) is 1.30. The van der Waals surface area contributed by atoms with Gasteiger partial charge in [-0.3, -0.25) is 0 Å². The summed E-state index contributed by atoms with van der Waals surface area (Å²) in [7, 11) is -3.16. The Morgan fingerprint density at radius 2 is 1.79 bits per heavy atom. The zero-order valence-corrected chi connectivity index (χ0v) is 13.6. The number of hydrogen-bond acceptors (Lipinski definition) is 3. The summed E-state index contributed by atoms with van der Waals surface area (Å²) in [6, 6.07) is 5.94. The third-order valence-electron chi connectivity index (χ3n) is 3.92. The molecule has 1 N–H and O–H groups in total. The summed E-state index contributed by atoms with van der Waals surface area (Å²) in [5.74, 6) is 0. The van der Waals surface area contributed by atoms with Crippen molar-refractivity contribution in [2.24, 2.45) is 0 Å². The van der Waals surface area contributed by atoms with E-state index < -0.39 is 14.6 Å². The van der Waals surface area contributed by atoms with Crippen molar-refractivity contribution in [1.82, 2.24) is 5.32 Å². The van der Waals surface area contributed by atoms with Gasteiger partial charge >= 0.3 is 0 Å². The van der Waals surface area contributed by atoms with E-state index >= 15 is 0 Å². The lowest BCUT2D eigenvalue weighted by Gasteiger charge is -2.34. The third-order valence-corrected chi connectivity index (χ3v) is 6.07. The van der Waals surface area contributed by atoms with Crippen LogP contribution < -0.4 is 5.32 Å². The number of sulfone groups is 1. The maximum absolute atomic E-state index is 12.1. The highest BCUT2D eigenvalue weighted by Gasteiger charge is 2.39. The van der Waals surface area contributed by atoms with Crippen molar-refractivity contribution in [2.75, 3.05) is 12.8 Å². The molecule has 0 aliphatic rings. The van der Waals surface area contributed by atoms with Crippen LogP contribution in [-0.2, 0) is 9.84 Å². The Bertz CT molecular complexity index is 547. The first-order valence-corrected chi connectivity index (χ1v) is 8.50. The second kappa shape index (κ2) is 5.63. The molecule has 0 spiro atoms. The van der Waals surface area contributed by atoms with Gasteiger partial charge in [0, 0.05) is 6.26 Å². The monoisotopic (exact) mass is 283 g/mol. The Labute approximate surface area is 117 Å². The molecule has 19 heavy (non-hydrogen) atoms. The van der Waals surface area contributed by atoms with Crippen molar-refractivity contribution in [3.63, 3.8) is 0 Å². The molecule has 108 valence electrons. The zero-order valence-electron chi connectivity index (χ0n) is 12.7. The Morgan fingerprint density at radius 3 is 2.21 bits per heavy atom. The van der Waals surface area contributed by atoms with Crippen molar-refractivity contribution in [1.29, 1.82) is 0 Å². The van der Waals surface area contributed by atoms with E-state index in [2.05, 4.69) is 25.2 Å². The average Bonchev–Trinajstić information content (AvgIpc) is 2.28. The van der Waals surface area contributed by atoms with Crippen molar-refractivity contribution in [2.45, 2.75) is 45.4 Å². The highest BCUT2D eigenvalue weighted by molar-refractivity contribution is 7.92. The summed E-state index contributed by atoms with van der Waals surface area (Å²) in [6.45, 7) is 10.4. The fourth-order valence-corrected chi connectivity index (χ4v) is 2.77. The maximum atomic E-state index is 12.1. The highest BCUT2D eigenvalue weighted by atomic mass is 32.2. The molecule has 0 aliphatic carbocycles. The Kier molecular flexibility index (Phi) is 4.80. The highest BCUT2D eigenvalue weighted by Crippen LogP contribution is 2.32. The van der Waals surface area contributed by atoms with Gasteiger partial charge in [0.1, 0.15) is 0 Å². The predicted molar refractivity (Wildman–Crippen MR) is 81.3 cm³/mol. The SMILES string of the molecule is CCNC(c1ccc(C)c(C)c1)C(C)(C)S(C)(=O)=O. The molecule has 1 aromatic rings. The van der Waals surface area contributed by atoms with Crippen molar-refractivity contribution >= 4 is 9.84 Å². The summed E-state index contributed by atoms with van der Waals surface area (Å²) >= 11 is 0. The summed E-state index contributed by atoms with van der Waals surface area (Å²) < 4.78 is 23.3. The Hall–Kier alpha value is -0.870. The lowest BCUT2D eigenvalue weighted by Crippen LogP contribution is -2.45. The van der Waals surface area contributed by atoms with Crippen LogP contribution in [0.2, 0.25) is 0 Å². The molecular weight excluding hydrogens is 258 g/mol. The topological polar surface area (TPSA) is 46.2 Å². The van der Waals surface area contributed by atoms with E-state index in [4.69, 9.17) is 0 Å². The van der Waals surface area contributed by atoms with E-state index in [1.54, 1.807) is 13.8 Å². The van der Waals surface area contributed by atoms with Crippen LogP contribution >= 0.6 is 0 Å². The molecular formula is C15H25NO2S. The number of hydrogen-bond donors (Lipinski definition) is 1. The molecule has 0 bridgehead atoms. The smallest absolute Gasteiger partial charge is 0.154 e. The van der Waals surface area contributed by atoms with E-state index in [1.165, 1.54) is 17.4 Å². The summed E-state index contributed by atoms with van der Waals surface area (Å²) in [5, 5.41) is 3.31. The van der Waals surface area contributed by atoms with E-state index in [9.17, 15) is 8.42 Å². The molecule has 0 fully saturated rings. The Morgan fingerprint density at radius 1 is 1.21 bits per heavy atom. The molecule has 0 radical (unpaired) electrons. The zero-order chi connectivity index (χ0) is 14.8. The fourth-order valence-electron chi connectivity index (χ4n) is 2.13. The van der Waals surface area contributed by atoms with E-state index in [0.29, 0.717) is 0 Å². The second-order valence-electron chi connectivity index (χ2n) is 5.71. The molecule has 3 nitrogen and oxygen atoms in total. The molecule has 0 heterocycles. The van der Waals surface area contributed by atoms with E-state index in [1.807, 2.05) is 19.1 Å². The molecule has 1 unspecified atom stereocenters. The molecule has 0 amide bonds. The van der Waals surface area contributed by atoms with Crippen LogP contribution in [-0.4, -0.2) is 26.0 Å². The lowest BCUT2D eigenvalue weighted by atomic mass is 9.92. The van der Waals surface area contributed by atoms with Gasteiger partial charge in [0.25, 0.3) is 0 Å². The van der Waals surface area contributed by atoms with Crippen molar-refractivity contribution in [3.8, 4) is 0 Å². The number of nitrogens with one attached hydrogen (secondary N) is 1. The molecule has 0 aliphatic heterocycles. The van der Waals surface area contributed by atoms with Gasteiger partial charge in [0.15, 0.2) is 9.84 Å². The van der Waals surface area contributed by atoms with Crippen LogP contribution in [0.25, 0.3) is 0 Å². The number of benzene rings is 1. The van der Waals surface area contributed by atoms with Gasteiger partial charge in [-0.15, -0.1) is 0 Å². The van der Waals surface area contributed by atoms with Crippen LogP contribution in [0.1, 0.15) is 43.5 Å². The minimum Gasteiger partial charge on any atom is -0.309 e. The van der Waals surface area contributed by atoms with Crippen LogP contribution in [0.3, 0.4) is 0 Å². The van der Waals surface area contributed by atoms with Gasteiger partial charge in [-0.05, 0) is 50.9 Å². The van der Waals surface area contributed by atoms with E-state index in [0.717, 1.165) is 12.1 Å². The van der Waals surface area contributed by atoms with Gasteiger partial charge in [-0.2, -0.15) is 0 Å². The van der Waals surface area contributed by atoms with E-state index in [-0.39, 0.29) is 6.04 Å². The third kappa shape index (κ3) is 3.37. The van der Waals surface area contributed by atoms with Crippen LogP contribution in [0, 0.1) is 13.8 Å². The molecule has 4 heteroatoms. The van der Waals surface area contributed by atoms with Crippen molar-refractivity contribution < 1.29 is 8.42 Å². The van der Waals surface area contributed by atoms with Crippen molar-refractivity contribution in [3.05, 3.63) is 34.9 Å². The first-order valence-electron chi connectivity index (χ1n) is 6.61. The molecule has 1 aromatic carbocycles. The molecule has 1 rings (SSSR count). The quantitative estimate of drug-likeness (QED) is 0.904. The largest absolute Gasteiger partial charge is 0.309 e. The minimum absolute atomic E-state index is 0.202. The number of rotatable bonds is 5. The first kappa shape index (κ1) is 16.2. The predicted octanol–water partition coefficient (Wildman–Crippen LogP) is 2.78. The van der Waals surface area contributed by atoms with Gasteiger partial charge in [-0.1, -0.05) is 25.1 Å². The molecule has 0 aromatic heterocycles. The Balaban J connectivity index is 3.32. The van der Waals surface area contributed by atoms with Gasteiger partial charge < -0.3 is 5.32 Å². The number of aryl methyl sites for hydroxylation is 2. The lowest BCUT2D eigenvalue weighted by molar-refractivity contribution is 0.428. The van der Waals surface area contributed by atoms with Crippen LogP contribution in [0.4, 0.5) is 0 Å². The van der Waals surface area contributed by atoms with Gasteiger partial charge in [0.05, 0.1) is 10.8 Å². The normalized spacial score (nSPS) is 14.4. The van der Waals surface area contributed by atoms with Gasteiger partial charge in [-0.25, -0.2) is 8.42 Å². The molecule has 1 atom stereocenters. The molecule has 0 saturated heterocycles. The standard InChI is InChI=1S/C15H25NO2S/c1-7-16-14(15(4,5)19(6,17)18)13-9-8-11(2)12(3)10-13/h8-10,14,16H,7H2,1-6H3. The van der Waals surface area contributed by atoms with Crippen LogP contribution in [0.5, 0.6) is 0 Å². The molecule has 0 saturated carbocycles.